The van der Waals surface area contributed by atoms with Gasteiger partial charge >= 0.3 is 308 Å². The maximum absolute atomic E-state index is 8.73. The molecule has 257 valence electrons. The second-order valence-corrected chi connectivity index (χ2v) is 58.5. The average molecular weight is 786 g/mol. The molecule has 0 nitrogen and oxygen atoms in total. The number of fused-ring (bicyclic) bond motifs is 2. The predicted molar refractivity (Wildman–Crippen MR) is 218 cm³/mol. The number of benzene rings is 4. The second-order valence-electron chi connectivity index (χ2n) is 17.2. The van der Waals surface area contributed by atoms with E-state index in [1.54, 1.807) is 0 Å². The molecule has 0 saturated heterocycles. The van der Waals surface area contributed by atoms with Crippen molar-refractivity contribution in [2.24, 2.45) is 0 Å². The first kappa shape index (κ1) is 36.8. The van der Waals surface area contributed by atoms with Gasteiger partial charge in [0.05, 0.1) is 0 Å². The van der Waals surface area contributed by atoms with Crippen molar-refractivity contribution in [3.05, 3.63) is 129 Å². The summed E-state index contributed by atoms with van der Waals surface area (Å²) in [7, 11) is 17.5. The predicted octanol–water partition coefficient (Wildman–Crippen LogP) is 14.4. The van der Waals surface area contributed by atoms with Crippen molar-refractivity contribution in [2.75, 3.05) is 0 Å². The first-order valence-corrected chi connectivity index (χ1v) is 34.4. The van der Waals surface area contributed by atoms with Crippen LogP contribution in [0.5, 0.6) is 0 Å². The molecule has 2 aliphatic carbocycles. The summed E-state index contributed by atoms with van der Waals surface area (Å²) in [4.78, 5) is 0. The number of allylic oxidation sites excluding steroid dienone is 2. The Morgan fingerprint density at radius 2 is 1.00 bits per heavy atom. The summed E-state index contributed by atoms with van der Waals surface area (Å²) >= 11 is -4.83. The van der Waals surface area contributed by atoms with E-state index in [2.05, 4.69) is 166 Å². The molecular weight excluding hydrogens is 731 g/mol. The molecule has 0 fully saturated rings. The van der Waals surface area contributed by atoms with Gasteiger partial charge in [-0.3, -0.25) is 0 Å². The van der Waals surface area contributed by atoms with Gasteiger partial charge in [0.2, 0.25) is 0 Å². The number of hydrogen-bond acceptors (Lipinski definition) is 0. The van der Waals surface area contributed by atoms with E-state index >= 15 is 0 Å². The summed E-state index contributed by atoms with van der Waals surface area (Å²) in [5, 5.41) is 0. The zero-order chi connectivity index (χ0) is 35.5. The molecule has 0 heterocycles. The van der Waals surface area contributed by atoms with E-state index in [9.17, 15) is 0 Å². The number of hydrogen-bond donors (Lipinski definition) is 0. The SMILES string of the molecule is CCCC[SiH](C)[Zr]([Cl])([Cl])([CH]1C(C)=Cc2c(-c3ccc(C(C)(C)C)cc3)cccc21)[CH]1C(C)=Cc2c(-c3ccc(C(C)(C)C)cc3)cccc21. The molecule has 0 aliphatic heterocycles. The van der Waals surface area contributed by atoms with Crippen molar-refractivity contribution in [1.82, 2.24) is 0 Å². The summed E-state index contributed by atoms with van der Waals surface area (Å²) in [5.41, 5.74) is 16.1. The van der Waals surface area contributed by atoms with Crippen LogP contribution < -0.4 is 0 Å². The molecule has 4 aromatic carbocycles. The molecule has 6 rings (SSSR count). The fraction of sp³-hybridized carbons (Fsp3) is 0.378. The Kier molecular flexibility index (Phi) is 9.94. The van der Waals surface area contributed by atoms with Gasteiger partial charge in [-0.25, -0.2) is 0 Å². The second kappa shape index (κ2) is 13.2. The quantitative estimate of drug-likeness (QED) is 0.156. The van der Waals surface area contributed by atoms with Crippen molar-refractivity contribution in [3.8, 4) is 22.3 Å². The Hall–Kier alpha value is -1.96. The van der Waals surface area contributed by atoms with Gasteiger partial charge < -0.3 is 0 Å². The van der Waals surface area contributed by atoms with E-state index in [4.69, 9.17) is 17.0 Å². The van der Waals surface area contributed by atoms with Crippen molar-refractivity contribution < 1.29 is 15.6 Å². The van der Waals surface area contributed by atoms with Crippen molar-refractivity contribution in [1.29, 1.82) is 0 Å². The molecule has 4 heteroatoms. The van der Waals surface area contributed by atoms with Gasteiger partial charge in [-0.1, -0.05) is 0 Å². The van der Waals surface area contributed by atoms with Crippen LogP contribution in [0.15, 0.2) is 96.1 Å². The van der Waals surface area contributed by atoms with E-state index in [1.807, 2.05) is 0 Å². The molecule has 3 atom stereocenters. The molecule has 4 aromatic rings. The van der Waals surface area contributed by atoms with Crippen molar-refractivity contribution in [3.63, 3.8) is 0 Å². The van der Waals surface area contributed by atoms with Crippen LogP contribution in [0, 0.1) is 0 Å². The van der Waals surface area contributed by atoms with Crippen LogP contribution in [0.25, 0.3) is 34.4 Å². The third-order valence-electron chi connectivity index (χ3n) is 11.7. The molecule has 2 aliphatic rings. The molecule has 0 radical (unpaired) electrons. The summed E-state index contributed by atoms with van der Waals surface area (Å²) in [6.07, 6.45) is 7.25. The average Bonchev–Trinajstić information content (AvgIpc) is 3.59. The van der Waals surface area contributed by atoms with Crippen LogP contribution in [-0.2, 0) is 26.4 Å². The fourth-order valence-electron chi connectivity index (χ4n) is 8.89. The summed E-state index contributed by atoms with van der Waals surface area (Å²) in [5.74, 6) is -1.64. The molecule has 0 aromatic heterocycles. The molecular formula is C45H55Cl2SiZr. The Balaban J connectivity index is 1.51. The third-order valence-corrected chi connectivity index (χ3v) is 62.4. The van der Waals surface area contributed by atoms with Crippen LogP contribution in [-0.4, -0.2) is 5.92 Å². The van der Waals surface area contributed by atoms with E-state index in [0.717, 1.165) is 0 Å². The third kappa shape index (κ3) is 6.41. The van der Waals surface area contributed by atoms with Gasteiger partial charge in [0, 0.05) is 0 Å². The standard InChI is InChI=1S/2C20H21.C5H13Si.2ClH.Zr/c2*1-14-12-16-6-5-7-18(19(16)13-14)15-8-10-17(11-9-15)20(2,3)4;1-3-4-5-6-2;;;/h2*5-13H,1-4H3;6H,3-5H2,1-2H3;2*1H;/q;;;;;+2/p-2. The monoisotopic (exact) mass is 783 g/mol. The normalized spacial score (nSPS) is 19.1. The molecule has 0 amide bonds. The zero-order valence-corrected chi connectivity index (χ0v) is 36.5. The Morgan fingerprint density at radius 3 is 1.35 bits per heavy atom. The van der Waals surface area contributed by atoms with Gasteiger partial charge in [0.1, 0.15) is 0 Å². The van der Waals surface area contributed by atoms with Crippen LogP contribution in [0.4, 0.5) is 0 Å². The van der Waals surface area contributed by atoms with E-state index in [0.29, 0.717) is 0 Å². The van der Waals surface area contributed by atoms with Crippen molar-refractivity contribution >= 4 is 35.1 Å². The fourth-order valence-corrected chi connectivity index (χ4v) is 51.2. The minimum absolute atomic E-state index is 0.0983. The molecule has 49 heavy (non-hydrogen) atoms. The van der Waals surface area contributed by atoms with Crippen LogP contribution in [0.3, 0.4) is 0 Å². The molecule has 0 N–H and O–H groups in total. The summed E-state index contributed by atoms with van der Waals surface area (Å²) in [6, 6.07) is 33.3. The first-order chi connectivity index (χ1) is 23.0. The van der Waals surface area contributed by atoms with Crippen LogP contribution >= 0.6 is 17.0 Å². The number of halogens is 2. The number of rotatable bonds is 8. The van der Waals surface area contributed by atoms with Crippen molar-refractivity contribution in [2.45, 2.75) is 106 Å². The van der Waals surface area contributed by atoms with Crippen LogP contribution in [0.2, 0.25) is 12.6 Å². The maximum atomic E-state index is 8.73. The van der Waals surface area contributed by atoms with Gasteiger partial charge in [-0.15, -0.1) is 0 Å². The zero-order valence-electron chi connectivity index (χ0n) is 31.3. The van der Waals surface area contributed by atoms with Gasteiger partial charge in [-0.05, 0) is 0 Å². The topological polar surface area (TPSA) is 0 Å². The summed E-state index contributed by atoms with van der Waals surface area (Å²) < 4.78 is 0.197. The van der Waals surface area contributed by atoms with E-state index in [-0.39, 0.29) is 18.1 Å². The van der Waals surface area contributed by atoms with E-state index < -0.39 is 21.5 Å². The number of unbranched alkanes of at least 4 members (excludes halogenated alkanes) is 1. The minimum atomic E-state index is -4.83. The van der Waals surface area contributed by atoms with Crippen LogP contribution in [0.1, 0.15) is 116 Å². The Bertz CT molecular complexity index is 1800. The van der Waals surface area contributed by atoms with Gasteiger partial charge in [0.25, 0.3) is 0 Å². The summed E-state index contributed by atoms with van der Waals surface area (Å²) in [6.45, 7) is 23.1. The Labute approximate surface area is 305 Å². The first-order valence-electron chi connectivity index (χ1n) is 18.4. The molecule has 0 saturated carbocycles. The van der Waals surface area contributed by atoms with Gasteiger partial charge in [0.15, 0.2) is 0 Å². The Morgan fingerprint density at radius 1 is 0.612 bits per heavy atom. The molecule has 0 bridgehead atoms. The van der Waals surface area contributed by atoms with Gasteiger partial charge in [-0.2, -0.15) is 0 Å². The van der Waals surface area contributed by atoms with E-state index in [1.165, 1.54) is 85.7 Å². The molecule has 3 unspecified atom stereocenters. The molecule has 0 spiro atoms.